The maximum Gasteiger partial charge on any atom is 0.335 e. The van der Waals surface area contributed by atoms with Gasteiger partial charge in [0.1, 0.15) is 23.4 Å². The molecule has 3 aromatic carbocycles. The van der Waals surface area contributed by atoms with Crippen molar-refractivity contribution >= 4 is 5.97 Å². The van der Waals surface area contributed by atoms with E-state index in [1.54, 1.807) is 43.6 Å². The van der Waals surface area contributed by atoms with Crippen LogP contribution in [0.5, 0.6) is 11.5 Å². The van der Waals surface area contributed by atoms with Crippen LogP contribution in [-0.2, 0) is 7.05 Å². The number of benzene rings is 3. The Kier molecular flexibility index (Phi) is 7.57. The SMILES string of the molecule is Cc1ccccc1C(CC(N=O)c1ccc(=O)n(C)c1)c1ccc(Oc2cccc(C(=O)O)c2)cc1F. The first-order valence-electron chi connectivity index (χ1n) is 11.6. The number of pyridine rings is 1. The van der Waals surface area contributed by atoms with Gasteiger partial charge in [-0.1, -0.05) is 41.6 Å². The minimum absolute atomic E-state index is 0.0556. The highest BCUT2D eigenvalue weighted by Gasteiger charge is 2.26. The lowest BCUT2D eigenvalue weighted by Crippen LogP contribution is -2.17. The highest BCUT2D eigenvalue weighted by molar-refractivity contribution is 5.88. The Morgan fingerprint density at radius 1 is 1.00 bits per heavy atom. The second-order valence-corrected chi connectivity index (χ2v) is 8.80. The number of hydrogen-bond donors (Lipinski definition) is 1. The normalized spacial score (nSPS) is 12.5. The largest absolute Gasteiger partial charge is 0.478 e. The fourth-order valence-electron chi connectivity index (χ4n) is 4.36. The summed E-state index contributed by atoms with van der Waals surface area (Å²) in [6.45, 7) is 1.92. The standard InChI is InChI=1S/C29H25FN2O5/c1-18-6-3-4-9-23(18)25(16-27(31-36)20-10-13-28(33)32(2)17-20)24-12-11-22(15-26(24)30)37-21-8-5-7-19(14-21)29(34)35/h3-15,17,25,27H,16H2,1-2H3,(H,34,35). The smallest absolute Gasteiger partial charge is 0.335 e. The van der Waals surface area contributed by atoms with Crippen LogP contribution in [0.3, 0.4) is 0 Å². The van der Waals surface area contributed by atoms with Crippen molar-refractivity contribution < 1.29 is 19.0 Å². The lowest BCUT2D eigenvalue weighted by molar-refractivity contribution is 0.0696. The van der Waals surface area contributed by atoms with Gasteiger partial charge in [0.15, 0.2) is 0 Å². The monoisotopic (exact) mass is 500 g/mol. The van der Waals surface area contributed by atoms with Crippen LogP contribution < -0.4 is 10.3 Å². The van der Waals surface area contributed by atoms with Crippen molar-refractivity contribution in [3.63, 3.8) is 0 Å². The number of hydrogen-bond acceptors (Lipinski definition) is 5. The summed E-state index contributed by atoms with van der Waals surface area (Å²) in [5.41, 5.74) is 2.55. The number of carboxylic acid groups (broad SMARTS) is 1. The maximum atomic E-state index is 15.6. The third kappa shape index (κ3) is 5.81. The summed E-state index contributed by atoms with van der Waals surface area (Å²) in [5.74, 6) is -1.67. The van der Waals surface area contributed by atoms with Crippen LogP contribution in [0.25, 0.3) is 0 Å². The molecule has 0 radical (unpaired) electrons. The van der Waals surface area contributed by atoms with Crippen molar-refractivity contribution in [1.82, 2.24) is 4.57 Å². The van der Waals surface area contributed by atoms with Gasteiger partial charge in [-0.15, -0.1) is 0 Å². The van der Waals surface area contributed by atoms with Crippen LogP contribution in [0, 0.1) is 17.6 Å². The second kappa shape index (κ2) is 11.0. The lowest BCUT2D eigenvalue weighted by Gasteiger charge is -2.23. The molecule has 0 aliphatic rings. The molecule has 0 saturated heterocycles. The summed E-state index contributed by atoms with van der Waals surface area (Å²) >= 11 is 0. The minimum Gasteiger partial charge on any atom is -0.478 e. The van der Waals surface area contributed by atoms with Crippen LogP contribution in [0.15, 0.2) is 95.0 Å². The van der Waals surface area contributed by atoms with Crippen molar-refractivity contribution in [3.05, 3.63) is 134 Å². The number of aromatic nitrogens is 1. The van der Waals surface area contributed by atoms with E-state index >= 15 is 4.39 Å². The molecule has 1 N–H and O–H groups in total. The first kappa shape index (κ1) is 25.5. The van der Waals surface area contributed by atoms with Crippen LogP contribution in [0.4, 0.5) is 4.39 Å². The predicted octanol–water partition coefficient (Wildman–Crippen LogP) is 6.35. The molecule has 37 heavy (non-hydrogen) atoms. The minimum atomic E-state index is -1.09. The number of aryl methyl sites for hydroxylation is 2. The molecular formula is C29H25FN2O5. The van der Waals surface area contributed by atoms with Crippen LogP contribution in [0.2, 0.25) is 0 Å². The van der Waals surface area contributed by atoms with Gasteiger partial charge in [0.25, 0.3) is 0 Å². The number of nitrogens with zero attached hydrogens (tertiary/aromatic N) is 2. The molecule has 1 aromatic heterocycles. The van der Waals surface area contributed by atoms with E-state index in [1.807, 2.05) is 31.2 Å². The number of nitroso groups, excluding NO2 is 1. The fourth-order valence-corrected chi connectivity index (χ4v) is 4.36. The number of carbonyl (C=O) groups is 1. The average molecular weight is 501 g/mol. The first-order valence-corrected chi connectivity index (χ1v) is 11.6. The Balaban J connectivity index is 1.70. The van der Waals surface area contributed by atoms with E-state index < -0.39 is 23.7 Å². The molecule has 4 rings (SSSR count). The van der Waals surface area contributed by atoms with E-state index in [9.17, 15) is 19.6 Å². The zero-order valence-electron chi connectivity index (χ0n) is 20.3. The summed E-state index contributed by atoms with van der Waals surface area (Å²) in [6.07, 6.45) is 1.76. The molecule has 1 heterocycles. The summed E-state index contributed by atoms with van der Waals surface area (Å²) in [5, 5.41) is 12.5. The Bertz CT molecular complexity index is 1510. The van der Waals surface area contributed by atoms with Crippen LogP contribution in [-0.4, -0.2) is 15.6 Å². The van der Waals surface area contributed by atoms with E-state index in [-0.39, 0.29) is 29.0 Å². The topological polar surface area (TPSA) is 98.0 Å². The number of rotatable bonds is 9. The van der Waals surface area contributed by atoms with Crippen LogP contribution >= 0.6 is 0 Å². The molecule has 0 spiro atoms. The molecule has 0 saturated carbocycles. The zero-order chi connectivity index (χ0) is 26.5. The molecular weight excluding hydrogens is 475 g/mol. The van der Waals surface area contributed by atoms with Crippen molar-refractivity contribution in [2.24, 2.45) is 12.2 Å². The van der Waals surface area contributed by atoms with Gasteiger partial charge in [-0.05, 0) is 65.9 Å². The molecule has 2 unspecified atom stereocenters. The Hall–Kier alpha value is -4.59. The van der Waals surface area contributed by atoms with Gasteiger partial charge in [-0.3, -0.25) is 4.79 Å². The third-order valence-electron chi connectivity index (χ3n) is 6.31. The first-order chi connectivity index (χ1) is 17.8. The molecule has 8 heteroatoms. The second-order valence-electron chi connectivity index (χ2n) is 8.80. The van der Waals surface area contributed by atoms with Gasteiger partial charge in [-0.2, -0.15) is 4.91 Å². The van der Waals surface area contributed by atoms with Crippen molar-refractivity contribution in [2.45, 2.75) is 25.3 Å². The number of aromatic carboxylic acids is 1. The quantitative estimate of drug-likeness (QED) is 0.270. The summed E-state index contributed by atoms with van der Waals surface area (Å²) in [6, 6.07) is 20.1. The van der Waals surface area contributed by atoms with Gasteiger partial charge in [0.05, 0.1) is 5.56 Å². The maximum absolute atomic E-state index is 15.6. The zero-order valence-corrected chi connectivity index (χ0v) is 20.3. The predicted molar refractivity (Wildman–Crippen MR) is 138 cm³/mol. The Morgan fingerprint density at radius 3 is 2.43 bits per heavy atom. The van der Waals surface area contributed by atoms with Gasteiger partial charge in [0.2, 0.25) is 5.56 Å². The number of halogens is 1. The summed E-state index contributed by atoms with van der Waals surface area (Å²) in [7, 11) is 1.59. The molecule has 7 nitrogen and oxygen atoms in total. The lowest BCUT2D eigenvalue weighted by atomic mass is 9.82. The Labute approximate surface area is 212 Å². The van der Waals surface area contributed by atoms with Gasteiger partial charge in [0, 0.05) is 31.3 Å². The molecule has 2 atom stereocenters. The van der Waals surface area contributed by atoms with Gasteiger partial charge in [-0.25, -0.2) is 9.18 Å². The summed E-state index contributed by atoms with van der Waals surface area (Å²) in [4.78, 5) is 35.0. The highest BCUT2D eigenvalue weighted by atomic mass is 19.1. The van der Waals surface area contributed by atoms with E-state index in [4.69, 9.17) is 4.74 Å². The van der Waals surface area contributed by atoms with Crippen molar-refractivity contribution in [2.75, 3.05) is 0 Å². The number of carboxylic acids is 1. The molecule has 188 valence electrons. The van der Waals surface area contributed by atoms with Crippen molar-refractivity contribution in [3.8, 4) is 11.5 Å². The van der Waals surface area contributed by atoms with Gasteiger partial charge < -0.3 is 14.4 Å². The summed E-state index contributed by atoms with van der Waals surface area (Å²) < 4.78 is 22.7. The molecule has 0 aliphatic carbocycles. The third-order valence-corrected chi connectivity index (χ3v) is 6.31. The Morgan fingerprint density at radius 2 is 1.76 bits per heavy atom. The molecule has 0 aliphatic heterocycles. The van der Waals surface area contributed by atoms with E-state index in [2.05, 4.69) is 5.18 Å². The van der Waals surface area contributed by atoms with Crippen molar-refractivity contribution in [1.29, 1.82) is 0 Å². The van der Waals surface area contributed by atoms with E-state index in [0.29, 0.717) is 11.1 Å². The molecule has 0 amide bonds. The van der Waals surface area contributed by atoms with E-state index in [0.717, 1.165) is 11.1 Å². The molecule has 0 bridgehead atoms. The molecule has 0 fully saturated rings. The van der Waals surface area contributed by atoms with Crippen LogP contribution in [0.1, 0.15) is 51.0 Å². The average Bonchev–Trinajstić information content (AvgIpc) is 2.88. The van der Waals surface area contributed by atoms with E-state index in [1.165, 1.54) is 28.8 Å². The fraction of sp³-hybridized carbons (Fsp3) is 0.172. The van der Waals surface area contributed by atoms with Gasteiger partial charge >= 0.3 is 5.97 Å². The highest BCUT2D eigenvalue weighted by Crippen LogP contribution is 2.39. The number of ether oxygens (including phenoxy) is 1. The molecule has 4 aromatic rings.